The van der Waals surface area contributed by atoms with Crippen LogP contribution in [-0.2, 0) is 14.8 Å². The van der Waals surface area contributed by atoms with Gasteiger partial charge in [0.05, 0.1) is 4.91 Å². The van der Waals surface area contributed by atoms with Crippen LogP contribution >= 0.6 is 0 Å². The zero-order chi connectivity index (χ0) is 14.7. The van der Waals surface area contributed by atoms with Crippen LogP contribution in [0, 0.1) is 5.39 Å². The molecule has 0 radical (unpaired) electrons. The van der Waals surface area contributed by atoms with Crippen LogP contribution in [0.25, 0.3) is 4.98 Å². The Morgan fingerprint density at radius 3 is 2.53 bits per heavy atom. The van der Waals surface area contributed by atoms with E-state index < -0.39 is 21.8 Å². The minimum Gasteiger partial charge on any atom is -0.367 e. The smallest absolute Gasteiger partial charge is 0.367 e. The first kappa shape index (κ1) is 15.8. The predicted octanol–water partition coefficient (Wildman–Crippen LogP) is 0.635. The summed E-state index contributed by atoms with van der Waals surface area (Å²) in [6.45, 7) is 4.20. The molecule has 7 nitrogen and oxygen atoms in total. The van der Waals surface area contributed by atoms with Crippen LogP contribution in [0.15, 0.2) is 23.1 Å². The first-order valence-electron chi connectivity index (χ1n) is 5.94. The number of methoxy groups -OCH3 is 1. The molecule has 0 fully saturated rings. The highest BCUT2D eigenvalue weighted by molar-refractivity contribution is 7.93. The molecule has 0 amide bonds. The third kappa shape index (κ3) is 2.84. The molecule has 0 spiro atoms. The highest BCUT2D eigenvalue weighted by Crippen LogP contribution is 2.27. The Balaban J connectivity index is 3.24. The van der Waals surface area contributed by atoms with E-state index in [0.717, 1.165) is 0 Å². The average Bonchev–Trinajstić information content (AvgIpc) is 2.39. The first-order chi connectivity index (χ1) is 8.85. The van der Waals surface area contributed by atoms with Crippen LogP contribution in [0.1, 0.15) is 13.8 Å². The van der Waals surface area contributed by atoms with Gasteiger partial charge in [-0.05, 0) is 12.2 Å². The van der Waals surface area contributed by atoms with Crippen molar-refractivity contribution in [2.24, 2.45) is 5.73 Å². The molecular formula is C11H19N4O3S+. The fourth-order valence-corrected chi connectivity index (χ4v) is 3.49. The van der Waals surface area contributed by atoms with Gasteiger partial charge >= 0.3 is 5.66 Å². The van der Waals surface area contributed by atoms with E-state index in [4.69, 9.17) is 15.9 Å². The Kier molecular flexibility index (Phi) is 4.81. The molecule has 0 aromatic carbocycles. The zero-order valence-corrected chi connectivity index (χ0v) is 12.1. The summed E-state index contributed by atoms with van der Waals surface area (Å²) in [4.78, 5) is 3.05. The molecule has 0 heterocycles. The van der Waals surface area contributed by atoms with Gasteiger partial charge in [-0.1, -0.05) is 13.8 Å². The van der Waals surface area contributed by atoms with Gasteiger partial charge < -0.3 is 4.74 Å². The van der Waals surface area contributed by atoms with Gasteiger partial charge in [0.15, 0.2) is 6.10 Å². The van der Waals surface area contributed by atoms with Gasteiger partial charge in [-0.25, -0.2) is 14.2 Å². The van der Waals surface area contributed by atoms with E-state index in [1.54, 1.807) is 13.8 Å². The Morgan fingerprint density at radius 1 is 1.53 bits per heavy atom. The van der Waals surface area contributed by atoms with Crippen LogP contribution < -0.4 is 5.73 Å². The highest BCUT2D eigenvalue weighted by atomic mass is 32.2. The number of rotatable bonds is 5. The van der Waals surface area contributed by atoms with Gasteiger partial charge in [-0.2, -0.15) is 4.31 Å². The minimum absolute atomic E-state index is 0.00444. The van der Waals surface area contributed by atoms with Crippen molar-refractivity contribution in [2.45, 2.75) is 25.6 Å². The van der Waals surface area contributed by atoms with E-state index in [0.29, 0.717) is 13.1 Å². The van der Waals surface area contributed by atoms with Gasteiger partial charge in [0, 0.05) is 26.3 Å². The molecule has 19 heavy (non-hydrogen) atoms. The second-order valence-electron chi connectivity index (χ2n) is 4.14. The molecular weight excluding hydrogens is 268 g/mol. The third-order valence-corrected chi connectivity index (χ3v) is 5.08. The van der Waals surface area contributed by atoms with Crippen LogP contribution in [0.2, 0.25) is 0 Å². The molecule has 106 valence electrons. The van der Waals surface area contributed by atoms with Crippen molar-refractivity contribution in [3.05, 3.63) is 28.1 Å². The molecule has 2 N–H and O–H groups in total. The molecule has 0 saturated heterocycles. The number of nitrogens with zero attached hydrogens (tertiary/aromatic N) is 3. The number of diazo groups is 1. The summed E-state index contributed by atoms with van der Waals surface area (Å²) in [6.07, 6.45) is 3.37. The lowest BCUT2D eigenvalue weighted by molar-refractivity contribution is 0.105. The van der Waals surface area contributed by atoms with Gasteiger partial charge in [0.25, 0.3) is 0 Å². The number of sulfonamides is 1. The van der Waals surface area contributed by atoms with Crippen molar-refractivity contribution < 1.29 is 13.2 Å². The van der Waals surface area contributed by atoms with Crippen LogP contribution in [0.4, 0.5) is 0 Å². The summed E-state index contributed by atoms with van der Waals surface area (Å²) in [5.41, 5.74) is 4.23. The molecule has 2 atom stereocenters. The van der Waals surface area contributed by atoms with E-state index >= 15 is 0 Å². The lowest BCUT2D eigenvalue weighted by Gasteiger charge is -2.23. The minimum atomic E-state index is -3.64. The van der Waals surface area contributed by atoms with Crippen LogP contribution in [0.3, 0.4) is 0 Å². The normalized spacial score (nSPS) is 27.2. The monoisotopic (exact) mass is 287 g/mol. The lowest BCUT2D eigenvalue weighted by atomic mass is 10.00. The summed E-state index contributed by atoms with van der Waals surface area (Å²) >= 11 is 0. The van der Waals surface area contributed by atoms with E-state index in [1.807, 2.05) is 0 Å². The van der Waals surface area contributed by atoms with Crippen molar-refractivity contribution in [1.82, 2.24) is 4.31 Å². The van der Waals surface area contributed by atoms with Crippen molar-refractivity contribution in [1.29, 1.82) is 5.39 Å². The summed E-state index contributed by atoms with van der Waals surface area (Å²) in [5.74, 6) is 0. The number of nitrogens with two attached hydrogens (primary N) is 1. The standard InChI is InChI=1S/C11H19N4O3S/c1-4-15(5-2)19(16,17)9-6-7-10(18-3)11(12,8-9)14-13/h6-8,10H,4-5,12H2,1-3H3/q+1. The number of allylic oxidation sites excluding steroid dienone is 1. The Morgan fingerprint density at radius 2 is 2.11 bits per heavy atom. The van der Waals surface area contributed by atoms with Gasteiger partial charge in [0.1, 0.15) is 4.98 Å². The van der Waals surface area contributed by atoms with Crippen molar-refractivity contribution in [3.63, 3.8) is 0 Å². The van der Waals surface area contributed by atoms with E-state index in [-0.39, 0.29) is 4.91 Å². The zero-order valence-electron chi connectivity index (χ0n) is 11.3. The van der Waals surface area contributed by atoms with E-state index in [1.165, 1.54) is 29.6 Å². The fourth-order valence-electron chi connectivity index (χ4n) is 1.92. The number of ether oxygens (including phenoxy) is 1. The van der Waals surface area contributed by atoms with E-state index in [9.17, 15) is 8.42 Å². The average molecular weight is 287 g/mol. The summed E-state index contributed by atoms with van der Waals surface area (Å²) in [7, 11) is -2.23. The second-order valence-corrected chi connectivity index (χ2v) is 6.08. The molecule has 8 heteroatoms. The maximum Gasteiger partial charge on any atom is 0.424 e. The molecule has 0 aliphatic heterocycles. The fraction of sp³-hybridized carbons (Fsp3) is 0.636. The molecule has 0 aromatic rings. The largest absolute Gasteiger partial charge is 0.424 e. The molecule has 0 bridgehead atoms. The SMILES string of the molecule is CCN(CC)S(=O)(=O)C1=CC(N)([N+]#N)C(OC)C=C1. The first-order valence-corrected chi connectivity index (χ1v) is 7.38. The topological polar surface area (TPSA) is 101 Å². The molecule has 1 aliphatic carbocycles. The Labute approximate surface area is 113 Å². The van der Waals surface area contributed by atoms with Gasteiger partial charge in [-0.3, -0.25) is 0 Å². The van der Waals surface area contributed by atoms with Gasteiger partial charge in [0.2, 0.25) is 15.4 Å². The molecule has 1 aliphatic rings. The summed E-state index contributed by atoms with van der Waals surface area (Å²) < 4.78 is 31.0. The van der Waals surface area contributed by atoms with Crippen LogP contribution in [0.5, 0.6) is 0 Å². The predicted molar refractivity (Wildman–Crippen MR) is 71.9 cm³/mol. The Hall–Kier alpha value is -1.27. The highest BCUT2D eigenvalue weighted by Gasteiger charge is 2.49. The Bertz CT molecular complexity index is 531. The number of hydrogen-bond acceptors (Lipinski definition) is 5. The molecule has 0 aromatic heterocycles. The quantitative estimate of drug-likeness (QED) is 0.748. The molecule has 1 rings (SSSR count). The summed E-state index contributed by atoms with van der Waals surface area (Å²) in [6, 6.07) is 0. The maximum atomic E-state index is 12.3. The van der Waals surface area contributed by atoms with Gasteiger partial charge in [-0.15, -0.1) is 0 Å². The van der Waals surface area contributed by atoms with Crippen molar-refractivity contribution >= 4 is 10.0 Å². The van der Waals surface area contributed by atoms with Crippen molar-refractivity contribution in [3.8, 4) is 0 Å². The summed E-state index contributed by atoms with van der Waals surface area (Å²) in [5, 5.41) is 9.02. The number of hydrogen-bond donors (Lipinski definition) is 1. The van der Waals surface area contributed by atoms with Crippen molar-refractivity contribution in [2.75, 3.05) is 20.2 Å². The second kappa shape index (κ2) is 5.79. The van der Waals surface area contributed by atoms with Crippen LogP contribution in [-0.4, -0.2) is 44.7 Å². The molecule has 0 saturated carbocycles. The molecule has 2 unspecified atom stereocenters. The lowest BCUT2D eigenvalue weighted by Crippen LogP contribution is -2.48. The van der Waals surface area contributed by atoms with E-state index in [2.05, 4.69) is 4.98 Å². The third-order valence-electron chi connectivity index (χ3n) is 3.03. The maximum absolute atomic E-state index is 12.3.